The average molecular weight is 242 g/mol. The van der Waals surface area contributed by atoms with Crippen molar-refractivity contribution in [2.75, 3.05) is 33.4 Å². The van der Waals surface area contributed by atoms with Gasteiger partial charge in [0, 0.05) is 24.7 Å². The van der Waals surface area contributed by atoms with E-state index in [2.05, 4.69) is 44.8 Å². The maximum atomic E-state index is 5.31. The monoisotopic (exact) mass is 242 g/mol. The molecule has 0 aromatic heterocycles. The predicted molar refractivity (Wildman–Crippen MR) is 73.4 cm³/mol. The van der Waals surface area contributed by atoms with Gasteiger partial charge < -0.3 is 10.1 Å². The van der Waals surface area contributed by atoms with E-state index in [1.54, 1.807) is 7.11 Å². The van der Waals surface area contributed by atoms with Crippen LogP contribution in [0, 0.1) is 5.92 Å². The van der Waals surface area contributed by atoms with Crippen molar-refractivity contribution in [3.05, 3.63) is 0 Å². The van der Waals surface area contributed by atoms with Crippen molar-refractivity contribution in [2.45, 2.75) is 52.1 Å². The fourth-order valence-electron chi connectivity index (χ4n) is 2.44. The lowest BCUT2D eigenvalue weighted by atomic mass is 10.0. The number of rotatable bonds is 5. The van der Waals surface area contributed by atoms with E-state index in [0.717, 1.165) is 19.1 Å². The van der Waals surface area contributed by atoms with Gasteiger partial charge >= 0.3 is 0 Å². The maximum Gasteiger partial charge on any atom is 0.0641 e. The Bertz CT molecular complexity index is 233. The van der Waals surface area contributed by atoms with Gasteiger partial charge in [0.1, 0.15) is 0 Å². The zero-order valence-corrected chi connectivity index (χ0v) is 12.5. The minimum Gasteiger partial charge on any atom is -0.383 e. The Balaban J connectivity index is 2.37. The Morgan fingerprint density at radius 3 is 2.41 bits per heavy atom. The second-order valence-corrected chi connectivity index (χ2v) is 6.98. The summed E-state index contributed by atoms with van der Waals surface area (Å²) in [6, 6.07) is 0. The number of likely N-dealkylation sites (tertiary alicyclic amines) is 1. The molecule has 3 nitrogen and oxygen atoms in total. The van der Waals surface area contributed by atoms with Gasteiger partial charge in [-0.05, 0) is 60.0 Å². The first-order valence-electron chi connectivity index (χ1n) is 6.73. The van der Waals surface area contributed by atoms with E-state index in [-0.39, 0.29) is 11.1 Å². The van der Waals surface area contributed by atoms with Gasteiger partial charge in [-0.2, -0.15) is 0 Å². The Kier molecular flexibility index (Phi) is 4.99. The number of hydrogen-bond acceptors (Lipinski definition) is 3. The van der Waals surface area contributed by atoms with Crippen molar-refractivity contribution < 1.29 is 4.74 Å². The normalized spacial score (nSPS) is 23.3. The van der Waals surface area contributed by atoms with E-state index >= 15 is 0 Å². The van der Waals surface area contributed by atoms with Crippen LogP contribution in [0.25, 0.3) is 0 Å². The summed E-state index contributed by atoms with van der Waals surface area (Å²) in [5.41, 5.74) is 0.403. The Morgan fingerprint density at radius 1 is 1.24 bits per heavy atom. The number of ether oxygens (including phenoxy) is 1. The van der Waals surface area contributed by atoms with E-state index < -0.39 is 0 Å². The van der Waals surface area contributed by atoms with Crippen LogP contribution in [0.4, 0.5) is 0 Å². The van der Waals surface area contributed by atoms with E-state index in [1.165, 1.54) is 19.5 Å². The summed E-state index contributed by atoms with van der Waals surface area (Å²) < 4.78 is 5.31. The fraction of sp³-hybridized carbons (Fsp3) is 1.00. The Labute approximate surface area is 107 Å². The highest BCUT2D eigenvalue weighted by Gasteiger charge is 2.33. The molecule has 1 unspecified atom stereocenters. The molecule has 0 bridgehead atoms. The molecule has 1 aliphatic rings. The standard InChI is InChI=1S/C14H30N2O/c1-13(2,3)15-9-12-7-8-16(10-12)14(4,5)11-17-6/h12,15H,7-11H2,1-6H3. The first kappa shape index (κ1) is 14.9. The molecule has 0 saturated carbocycles. The maximum absolute atomic E-state index is 5.31. The molecule has 1 rings (SSSR count). The molecule has 0 aromatic rings. The quantitative estimate of drug-likeness (QED) is 0.799. The van der Waals surface area contributed by atoms with Crippen LogP contribution in [0.15, 0.2) is 0 Å². The lowest BCUT2D eigenvalue weighted by molar-refractivity contribution is 0.0466. The lowest BCUT2D eigenvalue weighted by Gasteiger charge is -2.35. The second-order valence-electron chi connectivity index (χ2n) is 6.98. The van der Waals surface area contributed by atoms with Gasteiger partial charge in [-0.3, -0.25) is 4.90 Å². The number of hydrogen-bond donors (Lipinski definition) is 1. The van der Waals surface area contributed by atoms with Crippen LogP contribution in [0.2, 0.25) is 0 Å². The van der Waals surface area contributed by atoms with Gasteiger partial charge in [0.25, 0.3) is 0 Å². The smallest absolute Gasteiger partial charge is 0.0641 e. The van der Waals surface area contributed by atoms with Crippen LogP contribution in [-0.4, -0.2) is 49.3 Å². The van der Waals surface area contributed by atoms with Crippen molar-refractivity contribution in [2.24, 2.45) is 5.92 Å². The van der Waals surface area contributed by atoms with Crippen LogP contribution in [-0.2, 0) is 4.74 Å². The molecular weight excluding hydrogens is 212 g/mol. The van der Waals surface area contributed by atoms with Gasteiger partial charge in [0.15, 0.2) is 0 Å². The van der Waals surface area contributed by atoms with E-state index in [9.17, 15) is 0 Å². The van der Waals surface area contributed by atoms with Crippen LogP contribution >= 0.6 is 0 Å². The third kappa shape index (κ3) is 4.94. The molecule has 1 atom stereocenters. The Morgan fingerprint density at radius 2 is 1.88 bits per heavy atom. The van der Waals surface area contributed by atoms with Crippen LogP contribution < -0.4 is 5.32 Å². The molecule has 0 amide bonds. The number of methoxy groups -OCH3 is 1. The predicted octanol–water partition coefficient (Wildman–Crippen LogP) is 2.12. The zero-order valence-electron chi connectivity index (χ0n) is 12.5. The molecule has 1 N–H and O–H groups in total. The first-order chi connectivity index (χ1) is 7.74. The molecule has 0 spiro atoms. The summed E-state index contributed by atoms with van der Waals surface area (Å²) in [4.78, 5) is 2.56. The summed E-state index contributed by atoms with van der Waals surface area (Å²) in [7, 11) is 1.79. The van der Waals surface area contributed by atoms with E-state index in [1.807, 2.05) is 0 Å². The topological polar surface area (TPSA) is 24.5 Å². The largest absolute Gasteiger partial charge is 0.383 e. The van der Waals surface area contributed by atoms with Gasteiger partial charge in [-0.15, -0.1) is 0 Å². The van der Waals surface area contributed by atoms with Crippen molar-refractivity contribution in [1.82, 2.24) is 10.2 Å². The molecule has 17 heavy (non-hydrogen) atoms. The minimum absolute atomic E-state index is 0.172. The zero-order chi connectivity index (χ0) is 13.1. The second kappa shape index (κ2) is 5.68. The van der Waals surface area contributed by atoms with E-state index in [0.29, 0.717) is 0 Å². The molecule has 102 valence electrons. The van der Waals surface area contributed by atoms with Crippen LogP contribution in [0.3, 0.4) is 0 Å². The third-order valence-corrected chi connectivity index (χ3v) is 3.56. The van der Waals surface area contributed by atoms with Crippen molar-refractivity contribution >= 4 is 0 Å². The molecule has 0 aliphatic carbocycles. The van der Waals surface area contributed by atoms with E-state index in [4.69, 9.17) is 4.74 Å². The molecule has 3 heteroatoms. The average Bonchev–Trinajstić information content (AvgIpc) is 2.62. The summed E-state index contributed by atoms with van der Waals surface area (Å²) >= 11 is 0. The summed E-state index contributed by atoms with van der Waals surface area (Å²) in [5.74, 6) is 0.783. The highest BCUT2D eigenvalue weighted by molar-refractivity contribution is 4.89. The van der Waals surface area contributed by atoms with Gasteiger partial charge in [0.2, 0.25) is 0 Å². The highest BCUT2D eigenvalue weighted by atomic mass is 16.5. The SMILES string of the molecule is COCC(C)(C)N1CCC(CNC(C)(C)C)C1. The molecule has 0 aromatic carbocycles. The lowest BCUT2D eigenvalue weighted by Crippen LogP contribution is -2.46. The third-order valence-electron chi connectivity index (χ3n) is 3.56. The van der Waals surface area contributed by atoms with Crippen molar-refractivity contribution in [3.8, 4) is 0 Å². The first-order valence-corrected chi connectivity index (χ1v) is 6.73. The van der Waals surface area contributed by atoms with Crippen LogP contribution in [0.5, 0.6) is 0 Å². The Hall–Kier alpha value is -0.120. The molecule has 0 radical (unpaired) electrons. The van der Waals surface area contributed by atoms with Crippen LogP contribution in [0.1, 0.15) is 41.0 Å². The molecule has 1 aliphatic heterocycles. The molecular formula is C14H30N2O. The van der Waals surface area contributed by atoms with Crippen molar-refractivity contribution in [1.29, 1.82) is 0 Å². The molecule has 1 fully saturated rings. The molecule has 1 saturated heterocycles. The highest BCUT2D eigenvalue weighted by Crippen LogP contribution is 2.25. The summed E-state index contributed by atoms with van der Waals surface area (Å²) in [6.07, 6.45) is 1.30. The fourth-order valence-corrected chi connectivity index (χ4v) is 2.44. The number of nitrogens with zero attached hydrogens (tertiary/aromatic N) is 1. The number of nitrogens with one attached hydrogen (secondary N) is 1. The van der Waals surface area contributed by atoms with Crippen molar-refractivity contribution in [3.63, 3.8) is 0 Å². The summed E-state index contributed by atoms with van der Waals surface area (Å²) in [6.45, 7) is 15.6. The summed E-state index contributed by atoms with van der Waals surface area (Å²) in [5, 5.41) is 3.61. The van der Waals surface area contributed by atoms with Gasteiger partial charge in [-0.1, -0.05) is 0 Å². The molecule has 1 heterocycles. The van der Waals surface area contributed by atoms with Gasteiger partial charge in [-0.25, -0.2) is 0 Å². The van der Waals surface area contributed by atoms with Gasteiger partial charge in [0.05, 0.1) is 6.61 Å². The minimum atomic E-state index is 0.172.